The van der Waals surface area contributed by atoms with Gasteiger partial charge < -0.3 is 16.0 Å². The average Bonchev–Trinajstić information content (AvgIpc) is 2.34. The molecule has 0 aromatic heterocycles. The molecule has 114 valence electrons. The maximum absolute atomic E-state index is 11.7. The summed E-state index contributed by atoms with van der Waals surface area (Å²) in [4.78, 5) is 14.2. The Morgan fingerprint density at radius 2 is 1.84 bits per heavy atom. The Morgan fingerprint density at radius 3 is 2.37 bits per heavy atom. The van der Waals surface area contributed by atoms with Gasteiger partial charge >= 0.3 is 0 Å². The van der Waals surface area contributed by atoms with E-state index in [0.717, 1.165) is 45.3 Å². The standard InChI is InChI=1S/C15H33N3O/c1-5-9-14(16)12-15(19)17-13(4)10-8-11-18(6-2)7-3/h13-14H,5-12,16H2,1-4H3,(H,17,19). The van der Waals surface area contributed by atoms with Crippen LogP contribution in [0.5, 0.6) is 0 Å². The molecule has 0 bridgehead atoms. The molecular weight excluding hydrogens is 238 g/mol. The molecule has 0 aromatic rings. The highest BCUT2D eigenvalue weighted by Crippen LogP contribution is 2.02. The number of nitrogens with two attached hydrogens (primary N) is 1. The van der Waals surface area contributed by atoms with Gasteiger partial charge in [0.2, 0.25) is 5.91 Å². The highest BCUT2D eigenvalue weighted by molar-refractivity contribution is 5.76. The zero-order valence-electron chi connectivity index (χ0n) is 13.2. The van der Waals surface area contributed by atoms with E-state index in [1.807, 2.05) is 0 Å². The highest BCUT2D eigenvalue weighted by Gasteiger charge is 2.11. The summed E-state index contributed by atoms with van der Waals surface area (Å²) >= 11 is 0. The van der Waals surface area contributed by atoms with Gasteiger partial charge in [-0.1, -0.05) is 27.2 Å². The number of carbonyl (C=O) groups excluding carboxylic acids is 1. The van der Waals surface area contributed by atoms with Crippen molar-refractivity contribution in [2.45, 2.75) is 71.9 Å². The number of rotatable bonds is 11. The summed E-state index contributed by atoms with van der Waals surface area (Å²) in [6.07, 6.45) is 4.57. The average molecular weight is 271 g/mol. The first-order valence-corrected chi connectivity index (χ1v) is 7.80. The summed E-state index contributed by atoms with van der Waals surface area (Å²) in [5.74, 6) is 0.0938. The predicted molar refractivity (Wildman–Crippen MR) is 82.1 cm³/mol. The third kappa shape index (κ3) is 9.91. The van der Waals surface area contributed by atoms with Gasteiger partial charge in [0.05, 0.1) is 0 Å². The molecule has 0 saturated carbocycles. The Kier molecular flexibility index (Phi) is 10.9. The highest BCUT2D eigenvalue weighted by atomic mass is 16.1. The van der Waals surface area contributed by atoms with Gasteiger partial charge in [-0.15, -0.1) is 0 Å². The lowest BCUT2D eigenvalue weighted by atomic mass is 10.1. The summed E-state index contributed by atoms with van der Waals surface area (Å²) in [6.45, 7) is 11.8. The molecule has 3 N–H and O–H groups in total. The second-order valence-electron chi connectivity index (χ2n) is 5.39. The van der Waals surface area contributed by atoms with Gasteiger partial charge in [-0.25, -0.2) is 0 Å². The van der Waals surface area contributed by atoms with E-state index in [1.54, 1.807) is 0 Å². The third-order valence-electron chi connectivity index (χ3n) is 3.52. The lowest BCUT2D eigenvalue weighted by molar-refractivity contribution is -0.122. The van der Waals surface area contributed by atoms with E-state index in [-0.39, 0.29) is 18.0 Å². The van der Waals surface area contributed by atoms with Crippen LogP contribution in [0.15, 0.2) is 0 Å². The van der Waals surface area contributed by atoms with Crippen molar-refractivity contribution in [2.75, 3.05) is 19.6 Å². The van der Waals surface area contributed by atoms with Crippen molar-refractivity contribution in [2.24, 2.45) is 5.73 Å². The van der Waals surface area contributed by atoms with Crippen LogP contribution in [-0.2, 0) is 4.79 Å². The number of carbonyl (C=O) groups is 1. The number of nitrogens with zero attached hydrogens (tertiary/aromatic N) is 1. The molecule has 0 saturated heterocycles. The maximum atomic E-state index is 11.7. The summed E-state index contributed by atoms with van der Waals surface area (Å²) in [5.41, 5.74) is 5.87. The van der Waals surface area contributed by atoms with Crippen LogP contribution in [-0.4, -0.2) is 42.5 Å². The van der Waals surface area contributed by atoms with Crippen LogP contribution in [0.25, 0.3) is 0 Å². The van der Waals surface area contributed by atoms with Crippen molar-refractivity contribution in [1.29, 1.82) is 0 Å². The Labute approximate surface area is 119 Å². The van der Waals surface area contributed by atoms with Crippen LogP contribution in [0.2, 0.25) is 0 Å². The maximum Gasteiger partial charge on any atom is 0.221 e. The van der Waals surface area contributed by atoms with E-state index in [0.29, 0.717) is 6.42 Å². The number of hydrogen-bond acceptors (Lipinski definition) is 3. The van der Waals surface area contributed by atoms with Crippen LogP contribution in [0.4, 0.5) is 0 Å². The summed E-state index contributed by atoms with van der Waals surface area (Å²) < 4.78 is 0. The van der Waals surface area contributed by atoms with Crippen LogP contribution in [0, 0.1) is 0 Å². The molecule has 0 aliphatic carbocycles. The molecule has 2 atom stereocenters. The molecule has 0 aliphatic rings. The van der Waals surface area contributed by atoms with Crippen molar-refractivity contribution in [3.63, 3.8) is 0 Å². The Bertz CT molecular complexity index is 229. The summed E-state index contributed by atoms with van der Waals surface area (Å²) in [7, 11) is 0. The normalized spacial score (nSPS) is 14.4. The lowest BCUT2D eigenvalue weighted by Crippen LogP contribution is -2.37. The predicted octanol–water partition coefficient (Wildman–Crippen LogP) is 2.13. The van der Waals surface area contributed by atoms with Crippen molar-refractivity contribution < 1.29 is 4.79 Å². The first-order valence-electron chi connectivity index (χ1n) is 7.80. The molecule has 4 heteroatoms. The fraction of sp³-hybridized carbons (Fsp3) is 0.933. The number of hydrogen-bond donors (Lipinski definition) is 2. The number of amides is 1. The van der Waals surface area contributed by atoms with E-state index in [4.69, 9.17) is 5.73 Å². The summed E-state index contributed by atoms with van der Waals surface area (Å²) in [6, 6.07) is 0.254. The van der Waals surface area contributed by atoms with Crippen molar-refractivity contribution in [1.82, 2.24) is 10.2 Å². The molecule has 0 heterocycles. The Morgan fingerprint density at radius 1 is 1.21 bits per heavy atom. The van der Waals surface area contributed by atoms with Gasteiger partial charge in [0.25, 0.3) is 0 Å². The van der Waals surface area contributed by atoms with Gasteiger partial charge in [0.15, 0.2) is 0 Å². The molecule has 2 unspecified atom stereocenters. The molecule has 1 amide bonds. The first-order chi connectivity index (χ1) is 9.03. The summed E-state index contributed by atoms with van der Waals surface area (Å²) in [5, 5.41) is 3.04. The van der Waals surface area contributed by atoms with Crippen molar-refractivity contribution in [3.05, 3.63) is 0 Å². The van der Waals surface area contributed by atoms with Crippen LogP contribution in [0.1, 0.15) is 59.8 Å². The second kappa shape index (κ2) is 11.2. The minimum absolute atomic E-state index is 0.00729. The zero-order valence-corrected chi connectivity index (χ0v) is 13.2. The second-order valence-corrected chi connectivity index (χ2v) is 5.39. The molecule has 0 aromatic carbocycles. The zero-order chi connectivity index (χ0) is 14.7. The molecule has 0 radical (unpaired) electrons. The Balaban J connectivity index is 3.73. The third-order valence-corrected chi connectivity index (χ3v) is 3.52. The van der Waals surface area contributed by atoms with E-state index < -0.39 is 0 Å². The van der Waals surface area contributed by atoms with E-state index >= 15 is 0 Å². The molecule has 0 rings (SSSR count). The van der Waals surface area contributed by atoms with Crippen molar-refractivity contribution >= 4 is 5.91 Å². The number of nitrogens with one attached hydrogen (secondary N) is 1. The van der Waals surface area contributed by atoms with Crippen LogP contribution in [0.3, 0.4) is 0 Å². The van der Waals surface area contributed by atoms with Gasteiger partial charge in [0.1, 0.15) is 0 Å². The SMILES string of the molecule is CCCC(N)CC(=O)NC(C)CCCN(CC)CC. The van der Waals surface area contributed by atoms with Gasteiger partial charge in [0, 0.05) is 18.5 Å². The minimum atomic E-state index is 0.00729. The molecule has 0 spiro atoms. The van der Waals surface area contributed by atoms with E-state index in [2.05, 4.69) is 37.9 Å². The molecule has 0 aliphatic heterocycles. The van der Waals surface area contributed by atoms with Crippen molar-refractivity contribution in [3.8, 4) is 0 Å². The fourth-order valence-electron chi connectivity index (χ4n) is 2.28. The molecule has 19 heavy (non-hydrogen) atoms. The first kappa shape index (κ1) is 18.4. The fourth-order valence-corrected chi connectivity index (χ4v) is 2.28. The molecular formula is C15H33N3O. The van der Waals surface area contributed by atoms with Gasteiger partial charge in [-0.2, -0.15) is 0 Å². The van der Waals surface area contributed by atoms with Crippen LogP contribution < -0.4 is 11.1 Å². The monoisotopic (exact) mass is 271 g/mol. The largest absolute Gasteiger partial charge is 0.354 e. The van der Waals surface area contributed by atoms with E-state index in [9.17, 15) is 4.79 Å². The Hall–Kier alpha value is -0.610. The minimum Gasteiger partial charge on any atom is -0.354 e. The topological polar surface area (TPSA) is 58.4 Å². The van der Waals surface area contributed by atoms with Gasteiger partial charge in [-0.3, -0.25) is 4.79 Å². The van der Waals surface area contributed by atoms with Gasteiger partial charge in [-0.05, 0) is 45.8 Å². The molecule has 0 fully saturated rings. The van der Waals surface area contributed by atoms with E-state index in [1.165, 1.54) is 0 Å². The molecule has 4 nitrogen and oxygen atoms in total. The quantitative estimate of drug-likeness (QED) is 0.605. The smallest absolute Gasteiger partial charge is 0.221 e. The lowest BCUT2D eigenvalue weighted by Gasteiger charge is -2.20. The van der Waals surface area contributed by atoms with Crippen LogP contribution >= 0.6 is 0 Å².